The fourth-order valence-corrected chi connectivity index (χ4v) is 1.77. The molecule has 0 rings (SSSR count). The van der Waals surface area contributed by atoms with Crippen LogP contribution in [0.1, 0.15) is 39.0 Å². The molecule has 0 saturated carbocycles. The first-order chi connectivity index (χ1) is 5.22. The maximum atomic E-state index is 4.49. The van der Waals surface area contributed by atoms with Crippen LogP contribution in [-0.2, 0) is 0 Å². The minimum absolute atomic E-state index is 0.458. The molecule has 0 amide bonds. The summed E-state index contributed by atoms with van der Waals surface area (Å²) < 4.78 is 0. The van der Waals surface area contributed by atoms with Crippen LogP contribution in [0.25, 0.3) is 0 Å². The molecule has 67 valence electrons. The normalized spacial score (nSPS) is 16.4. The predicted molar refractivity (Wildman–Crippen MR) is 59.7 cm³/mol. The predicted octanol–water partition coefficient (Wildman–Crippen LogP) is 3.39. The van der Waals surface area contributed by atoms with Crippen molar-refractivity contribution in [2.75, 3.05) is 0 Å². The number of unbranched alkanes of at least 4 members (excludes halogenated alkanes) is 1. The Hall–Kier alpha value is 0.700. The topological polar surface area (TPSA) is 0 Å². The van der Waals surface area contributed by atoms with Crippen molar-refractivity contribution < 1.29 is 0 Å². The lowest BCUT2D eigenvalue weighted by atomic mass is 10.1. The van der Waals surface area contributed by atoms with Crippen LogP contribution in [0.15, 0.2) is 0 Å². The second-order valence-electron chi connectivity index (χ2n) is 2.92. The Morgan fingerprint density at radius 2 is 1.73 bits per heavy atom. The molecule has 2 atom stereocenters. The van der Waals surface area contributed by atoms with Crippen LogP contribution in [0.2, 0.25) is 0 Å². The van der Waals surface area contributed by atoms with E-state index in [4.69, 9.17) is 0 Å². The molecule has 0 aliphatic heterocycles. The highest BCUT2D eigenvalue weighted by Crippen LogP contribution is 2.19. The first-order valence-corrected chi connectivity index (χ1v) is 5.41. The van der Waals surface area contributed by atoms with E-state index in [-0.39, 0.29) is 0 Å². The molecule has 11 heavy (non-hydrogen) atoms. The Balaban J connectivity index is 3.38. The van der Waals surface area contributed by atoms with Crippen molar-refractivity contribution in [3.8, 4) is 0 Å². The van der Waals surface area contributed by atoms with Crippen molar-refractivity contribution >= 4 is 25.3 Å². The summed E-state index contributed by atoms with van der Waals surface area (Å²) in [7, 11) is 0. The van der Waals surface area contributed by atoms with E-state index in [1.54, 1.807) is 0 Å². The van der Waals surface area contributed by atoms with Gasteiger partial charge in [-0.15, -0.1) is 0 Å². The maximum absolute atomic E-state index is 4.49. The highest BCUT2D eigenvalue weighted by molar-refractivity contribution is 7.85. The lowest BCUT2D eigenvalue weighted by molar-refractivity contribution is 0.643. The van der Waals surface area contributed by atoms with E-state index in [0.717, 1.165) is 12.8 Å². The summed E-state index contributed by atoms with van der Waals surface area (Å²) in [5.41, 5.74) is 0. The second kappa shape index (κ2) is 7.35. The van der Waals surface area contributed by atoms with Crippen LogP contribution in [0.4, 0.5) is 0 Å². The molecule has 0 spiro atoms. The number of hydrogen-bond donors (Lipinski definition) is 2. The van der Waals surface area contributed by atoms with E-state index in [2.05, 4.69) is 39.1 Å². The van der Waals surface area contributed by atoms with E-state index in [0.29, 0.717) is 10.5 Å². The van der Waals surface area contributed by atoms with Gasteiger partial charge in [0.25, 0.3) is 0 Å². The van der Waals surface area contributed by atoms with Gasteiger partial charge in [0, 0.05) is 10.5 Å². The zero-order valence-electron chi connectivity index (χ0n) is 7.29. The van der Waals surface area contributed by atoms with Crippen LogP contribution in [-0.4, -0.2) is 10.5 Å². The molecule has 0 aliphatic carbocycles. The quantitative estimate of drug-likeness (QED) is 0.591. The van der Waals surface area contributed by atoms with Gasteiger partial charge >= 0.3 is 0 Å². The Morgan fingerprint density at radius 3 is 2.18 bits per heavy atom. The van der Waals surface area contributed by atoms with Gasteiger partial charge in [-0.25, -0.2) is 0 Å². The highest BCUT2D eigenvalue weighted by atomic mass is 32.1. The van der Waals surface area contributed by atoms with Crippen molar-refractivity contribution in [3.05, 3.63) is 6.92 Å². The van der Waals surface area contributed by atoms with Gasteiger partial charge in [0.05, 0.1) is 0 Å². The third-order valence-electron chi connectivity index (χ3n) is 1.78. The summed E-state index contributed by atoms with van der Waals surface area (Å²) in [5, 5.41) is 0.926. The lowest BCUT2D eigenvalue weighted by Gasteiger charge is -2.16. The first kappa shape index (κ1) is 11.7. The van der Waals surface area contributed by atoms with Gasteiger partial charge in [-0.3, -0.25) is 0 Å². The smallest absolute Gasteiger partial charge is 0.0133 e. The van der Waals surface area contributed by atoms with Gasteiger partial charge in [-0.05, 0) is 12.8 Å². The Morgan fingerprint density at radius 1 is 1.18 bits per heavy atom. The van der Waals surface area contributed by atoms with E-state index < -0.39 is 0 Å². The molecule has 0 aliphatic rings. The molecule has 0 nitrogen and oxygen atoms in total. The minimum atomic E-state index is 0.458. The molecule has 0 heterocycles. The van der Waals surface area contributed by atoms with Crippen molar-refractivity contribution in [3.63, 3.8) is 0 Å². The van der Waals surface area contributed by atoms with Gasteiger partial charge in [-0.1, -0.05) is 33.1 Å². The van der Waals surface area contributed by atoms with Crippen LogP contribution >= 0.6 is 25.3 Å². The minimum Gasteiger partial charge on any atom is -0.175 e. The molecule has 0 aromatic carbocycles. The van der Waals surface area contributed by atoms with Crippen molar-refractivity contribution in [2.24, 2.45) is 0 Å². The average Bonchev–Trinajstić information content (AvgIpc) is 2.00. The molecular weight excluding hydrogens is 172 g/mol. The molecule has 1 radical (unpaired) electrons. The molecule has 0 fully saturated rings. The van der Waals surface area contributed by atoms with Crippen LogP contribution in [0.5, 0.6) is 0 Å². The average molecular weight is 191 g/mol. The zero-order valence-corrected chi connectivity index (χ0v) is 9.08. The monoisotopic (exact) mass is 191 g/mol. The largest absolute Gasteiger partial charge is 0.175 e. The van der Waals surface area contributed by atoms with E-state index in [1.165, 1.54) is 19.3 Å². The first-order valence-electron chi connectivity index (χ1n) is 4.37. The summed E-state index contributed by atoms with van der Waals surface area (Å²) in [4.78, 5) is 0. The molecule has 0 aromatic heterocycles. The number of thiol groups is 2. The third kappa shape index (κ3) is 5.92. The van der Waals surface area contributed by atoms with Crippen LogP contribution < -0.4 is 0 Å². The Labute approximate surface area is 82.0 Å². The number of hydrogen-bond acceptors (Lipinski definition) is 2. The SMILES string of the molecule is [CH2]CCCC(S)C(S)CCC. The maximum Gasteiger partial charge on any atom is 0.0133 e. The third-order valence-corrected chi connectivity index (χ3v) is 3.25. The summed E-state index contributed by atoms with van der Waals surface area (Å²) in [5.74, 6) is 0. The van der Waals surface area contributed by atoms with Gasteiger partial charge in [0.2, 0.25) is 0 Å². The summed E-state index contributed by atoms with van der Waals surface area (Å²) in [6.07, 6.45) is 5.73. The molecule has 2 heteroatoms. The van der Waals surface area contributed by atoms with Crippen molar-refractivity contribution in [1.82, 2.24) is 0 Å². The molecule has 0 saturated heterocycles. The van der Waals surface area contributed by atoms with Crippen molar-refractivity contribution in [2.45, 2.75) is 49.5 Å². The number of rotatable bonds is 6. The molecule has 0 aromatic rings. The lowest BCUT2D eigenvalue weighted by Crippen LogP contribution is -2.14. The van der Waals surface area contributed by atoms with Gasteiger partial charge in [0.15, 0.2) is 0 Å². The summed E-state index contributed by atoms with van der Waals surface area (Å²) in [6.45, 7) is 5.99. The van der Waals surface area contributed by atoms with Crippen LogP contribution in [0.3, 0.4) is 0 Å². The fourth-order valence-electron chi connectivity index (χ4n) is 1.03. The van der Waals surface area contributed by atoms with E-state index in [9.17, 15) is 0 Å². The zero-order chi connectivity index (χ0) is 8.69. The van der Waals surface area contributed by atoms with Gasteiger partial charge in [0.1, 0.15) is 0 Å². The van der Waals surface area contributed by atoms with Gasteiger partial charge < -0.3 is 0 Å². The van der Waals surface area contributed by atoms with E-state index in [1.807, 2.05) is 0 Å². The van der Waals surface area contributed by atoms with Crippen molar-refractivity contribution in [1.29, 1.82) is 0 Å². The molecule has 0 bridgehead atoms. The second-order valence-corrected chi connectivity index (χ2v) is 4.25. The summed E-state index contributed by atoms with van der Waals surface area (Å²) in [6, 6.07) is 0. The van der Waals surface area contributed by atoms with E-state index >= 15 is 0 Å². The molecule has 2 unspecified atom stereocenters. The standard InChI is InChI=1S/C9H19S2/c1-3-5-7-9(11)8(10)6-4-2/h8-11H,1,3-7H2,2H3. The summed E-state index contributed by atoms with van der Waals surface area (Å²) >= 11 is 8.97. The van der Waals surface area contributed by atoms with Crippen LogP contribution in [0, 0.1) is 6.92 Å². The molecular formula is C9H19S2. The fraction of sp³-hybridized carbons (Fsp3) is 0.889. The van der Waals surface area contributed by atoms with Gasteiger partial charge in [-0.2, -0.15) is 25.3 Å². The Kier molecular flexibility index (Phi) is 7.82. The Bertz CT molecular complexity index is 83.6. The molecule has 0 N–H and O–H groups in total. The highest BCUT2D eigenvalue weighted by Gasteiger charge is 2.11.